The number of carbonyl (C=O) groups is 1. The lowest BCUT2D eigenvalue weighted by molar-refractivity contribution is -0.917. The number of hydrogen-bond donors (Lipinski definition) is 2. The summed E-state index contributed by atoms with van der Waals surface area (Å²) in [5.74, 6) is -0.222. The highest BCUT2D eigenvalue weighted by Gasteiger charge is 2.35. The zero-order valence-electron chi connectivity index (χ0n) is 14.5. The average Bonchev–Trinajstić information content (AvgIpc) is 3.48. The minimum absolute atomic E-state index is 0.0282. The first-order valence-corrected chi connectivity index (χ1v) is 9.06. The summed E-state index contributed by atoms with van der Waals surface area (Å²) in [7, 11) is 0. The number of benzene rings is 3. The Bertz CT molecular complexity index is 931. The second kappa shape index (κ2) is 7.26. The minimum atomic E-state index is -0.194. The Labute approximate surface area is 152 Å². The van der Waals surface area contributed by atoms with E-state index in [-0.39, 0.29) is 11.7 Å². The Morgan fingerprint density at radius 2 is 1.73 bits per heavy atom. The van der Waals surface area contributed by atoms with Crippen LogP contribution in [0.3, 0.4) is 0 Å². The Morgan fingerprint density at radius 1 is 1.00 bits per heavy atom. The molecule has 26 heavy (non-hydrogen) atoms. The molecule has 1 saturated carbocycles. The van der Waals surface area contributed by atoms with Crippen LogP contribution in [0.1, 0.15) is 18.4 Å². The molecule has 1 aliphatic carbocycles. The molecular formula is C22H22FN2O+. The van der Waals surface area contributed by atoms with Gasteiger partial charge in [0.05, 0.1) is 6.04 Å². The summed E-state index contributed by atoms with van der Waals surface area (Å²) < 4.78 is 14.0. The Balaban J connectivity index is 1.48. The van der Waals surface area contributed by atoms with E-state index in [4.69, 9.17) is 0 Å². The molecule has 1 amide bonds. The van der Waals surface area contributed by atoms with Gasteiger partial charge in [-0.05, 0) is 17.5 Å². The van der Waals surface area contributed by atoms with Crippen molar-refractivity contribution in [3.63, 3.8) is 0 Å². The van der Waals surface area contributed by atoms with E-state index in [9.17, 15) is 9.18 Å². The van der Waals surface area contributed by atoms with E-state index in [0.29, 0.717) is 24.7 Å². The Hall–Kier alpha value is -2.72. The molecule has 3 aromatic carbocycles. The molecule has 0 radical (unpaired) electrons. The minimum Gasteiger partial charge on any atom is -0.321 e. The van der Waals surface area contributed by atoms with Crippen molar-refractivity contribution in [3.8, 4) is 0 Å². The van der Waals surface area contributed by atoms with Crippen LogP contribution in [-0.2, 0) is 11.3 Å². The molecule has 0 heterocycles. The maximum absolute atomic E-state index is 14.0. The van der Waals surface area contributed by atoms with Gasteiger partial charge >= 0.3 is 0 Å². The number of nitrogens with one attached hydrogen (secondary N) is 2. The first-order valence-electron chi connectivity index (χ1n) is 9.06. The van der Waals surface area contributed by atoms with Gasteiger partial charge in [0.25, 0.3) is 5.91 Å². The maximum atomic E-state index is 14.0. The van der Waals surface area contributed by atoms with E-state index in [1.54, 1.807) is 12.1 Å². The largest absolute Gasteiger partial charge is 0.321 e. The highest BCUT2D eigenvalue weighted by atomic mass is 19.1. The molecule has 2 N–H and O–H groups in total. The number of quaternary nitrogens is 1. The molecule has 132 valence electrons. The van der Waals surface area contributed by atoms with E-state index in [0.717, 1.165) is 34.2 Å². The normalized spacial score (nSPS) is 15.0. The summed E-state index contributed by atoms with van der Waals surface area (Å²) in [6, 6.07) is 21.2. The third kappa shape index (κ3) is 3.75. The molecule has 1 fully saturated rings. The fraction of sp³-hybridized carbons (Fsp3) is 0.227. The Morgan fingerprint density at radius 3 is 2.54 bits per heavy atom. The molecule has 3 aromatic rings. The van der Waals surface area contributed by atoms with Gasteiger partial charge in [0.2, 0.25) is 0 Å². The topological polar surface area (TPSA) is 33.5 Å². The summed E-state index contributed by atoms with van der Waals surface area (Å²) in [4.78, 5) is 13.8. The third-order valence-corrected chi connectivity index (χ3v) is 4.98. The molecule has 0 saturated heterocycles. The van der Waals surface area contributed by atoms with E-state index in [1.807, 2.05) is 48.5 Å². The zero-order chi connectivity index (χ0) is 17.9. The van der Waals surface area contributed by atoms with Crippen LogP contribution in [0, 0.1) is 5.82 Å². The standard InChI is InChI=1S/C22H21FN2O/c23-20-10-4-2-7-17(20)14-25(18-12-13-18)15-22(26)24-21-11-5-8-16-6-1-3-9-19(16)21/h1-11,18H,12-15H2,(H,24,26)/p+1. The summed E-state index contributed by atoms with van der Waals surface area (Å²) in [6.07, 6.45) is 2.21. The van der Waals surface area contributed by atoms with Crippen molar-refractivity contribution in [2.45, 2.75) is 25.4 Å². The molecule has 1 unspecified atom stereocenters. The molecule has 0 bridgehead atoms. The van der Waals surface area contributed by atoms with Crippen molar-refractivity contribution in [3.05, 3.63) is 78.1 Å². The average molecular weight is 349 g/mol. The SMILES string of the molecule is O=C(C[NH+](Cc1ccccc1F)C1CC1)Nc1cccc2ccccc12. The van der Waals surface area contributed by atoms with E-state index in [1.165, 1.54) is 6.07 Å². The van der Waals surface area contributed by atoms with Gasteiger partial charge in [0.15, 0.2) is 6.54 Å². The van der Waals surface area contributed by atoms with Gasteiger partial charge in [0.1, 0.15) is 12.4 Å². The van der Waals surface area contributed by atoms with Gasteiger partial charge in [-0.2, -0.15) is 0 Å². The molecule has 1 aliphatic rings. The van der Waals surface area contributed by atoms with Crippen molar-refractivity contribution in [1.82, 2.24) is 0 Å². The number of amides is 1. The van der Waals surface area contributed by atoms with Gasteiger partial charge in [-0.3, -0.25) is 4.79 Å². The molecule has 4 rings (SSSR count). The van der Waals surface area contributed by atoms with E-state index in [2.05, 4.69) is 5.32 Å². The van der Waals surface area contributed by atoms with Crippen molar-refractivity contribution in [1.29, 1.82) is 0 Å². The van der Waals surface area contributed by atoms with Gasteiger partial charge in [-0.15, -0.1) is 0 Å². The number of carbonyl (C=O) groups excluding carboxylic acids is 1. The predicted octanol–water partition coefficient (Wildman–Crippen LogP) is 3.16. The highest BCUT2D eigenvalue weighted by molar-refractivity contribution is 6.02. The fourth-order valence-electron chi connectivity index (χ4n) is 3.46. The van der Waals surface area contributed by atoms with Crippen LogP contribution < -0.4 is 10.2 Å². The molecule has 0 spiro atoms. The highest BCUT2D eigenvalue weighted by Crippen LogP contribution is 2.23. The number of anilines is 1. The molecular weight excluding hydrogens is 327 g/mol. The fourth-order valence-corrected chi connectivity index (χ4v) is 3.46. The molecule has 0 aliphatic heterocycles. The molecule has 0 aromatic heterocycles. The monoisotopic (exact) mass is 349 g/mol. The number of rotatable bonds is 6. The third-order valence-electron chi connectivity index (χ3n) is 4.98. The lowest BCUT2D eigenvalue weighted by atomic mass is 10.1. The summed E-state index contributed by atoms with van der Waals surface area (Å²) in [5, 5.41) is 5.18. The van der Waals surface area contributed by atoms with Crippen LogP contribution in [0.25, 0.3) is 10.8 Å². The molecule has 4 heteroatoms. The summed E-state index contributed by atoms with van der Waals surface area (Å²) in [5.41, 5.74) is 1.50. The van der Waals surface area contributed by atoms with Crippen molar-refractivity contribution in [2.24, 2.45) is 0 Å². The van der Waals surface area contributed by atoms with Gasteiger partial charge < -0.3 is 10.2 Å². The van der Waals surface area contributed by atoms with Crippen molar-refractivity contribution in [2.75, 3.05) is 11.9 Å². The lowest BCUT2D eigenvalue weighted by Gasteiger charge is -2.19. The summed E-state index contributed by atoms with van der Waals surface area (Å²) in [6.45, 7) is 0.891. The van der Waals surface area contributed by atoms with Crippen LogP contribution >= 0.6 is 0 Å². The van der Waals surface area contributed by atoms with Crippen LogP contribution in [0.2, 0.25) is 0 Å². The summed E-state index contributed by atoms with van der Waals surface area (Å²) >= 11 is 0. The van der Waals surface area contributed by atoms with E-state index >= 15 is 0 Å². The lowest BCUT2D eigenvalue weighted by Crippen LogP contribution is -3.13. The second-order valence-electron chi connectivity index (χ2n) is 6.95. The van der Waals surface area contributed by atoms with Crippen LogP contribution in [0.4, 0.5) is 10.1 Å². The zero-order valence-corrected chi connectivity index (χ0v) is 14.5. The smallest absolute Gasteiger partial charge is 0.279 e. The Kier molecular flexibility index (Phi) is 4.67. The first-order chi connectivity index (χ1) is 12.7. The van der Waals surface area contributed by atoms with Crippen LogP contribution in [0.15, 0.2) is 66.7 Å². The first kappa shape index (κ1) is 16.7. The molecule has 3 nitrogen and oxygen atoms in total. The number of hydrogen-bond acceptors (Lipinski definition) is 1. The van der Waals surface area contributed by atoms with Gasteiger partial charge in [-0.1, -0.05) is 54.6 Å². The maximum Gasteiger partial charge on any atom is 0.279 e. The van der Waals surface area contributed by atoms with Crippen molar-refractivity contribution >= 4 is 22.4 Å². The van der Waals surface area contributed by atoms with Gasteiger partial charge in [-0.25, -0.2) is 4.39 Å². The van der Waals surface area contributed by atoms with Crippen LogP contribution in [0.5, 0.6) is 0 Å². The second-order valence-corrected chi connectivity index (χ2v) is 6.95. The number of halogens is 1. The predicted molar refractivity (Wildman–Crippen MR) is 102 cm³/mol. The van der Waals surface area contributed by atoms with E-state index < -0.39 is 0 Å². The van der Waals surface area contributed by atoms with Crippen molar-refractivity contribution < 1.29 is 14.1 Å². The number of fused-ring (bicyclic) bond motifs is 1. The van der Waals surface area contributed by atoms with Crippen LogP contribution in [-0.4, -0.2) is 18.5 Å². The molecule has 1 atom stereocenters. The quantitative estimate of drug-likeness (QED) is 0.704. The van der Waals surface area contributed by atoms with Gasteiger partial charge in [0, 0.05) is 29.5 Å².